The molecule has 0 bridgehead atoms. The highest BCUT2D eigenvalue weighted by Gasteiger charge is 2.15. The first-order valence-electron chi connectivity index (χ1n) is 5.91. The Labute approximate surface area is 102 Å². The molecule has 0 radical (unpaired) electrons. The van der Waals surface area contributed by atoms with Crippen molar-refractivity contribution in [2.75, 3.05) is 0 Å². The van der Waals surface area contributed by atoms with E-state index in [1.165, 1.54) is 5.56 Å². The van der Waals surface area contributed by atoms with Crippen LogP contribution in [0.4, 0.5) is 0 Å². The molecule has 90 valence electrons. The van der Waals surface area contributed by atoms with E-state index < -0.39 is 6.04 Å². The largest absolute Gasteiger partial charge is 0.341 e. The Hall–Kier alpha value is -1.82. The highest BCUT2D eigenvalue weighted by molar-refractivity contribution is 5.77. The van der Waals surface area contributed by atoms with Crippen molar-refractivity contribution in [1.82, 2.24) is 5.32 Å². The molecule has 17 heavy (non-hydrogen) atoms. The predicted octanol–water partition coefficient (Wildman–Crippen LogP) is 2.60. The topological polar surface area (TPSA) is 52.9 Å². The van der Waals surface area contributed by atoms with Gasteiger partial charge in [-0.3, -0.25) is 4.79 Å². The highest BCUT2D eigenvalue weighted by Crippen LogP contribution is 2.22. The Bertz CT molecular complexity index is 394. The van der Waals surface area contributed by atoms with Crippen LogP contribution in [0.5, 0.6) is 0 Å². The molecule has 0 aliphatic heterocycles. The van der Waals surface area contributed by atoms with E-state index in [2.05, 4.69) is 12.2 Å². The summed E-state index contributed by atoms with van der Waals surface area (Å²) in [4.78, 5) is 11.7. The monoisotopic (exact) mass is 230 g/mol. The van der Waals surface area contributed by atoms with Crippen LogP contribution in [-0.4, -0.2) is 11.9 Å². The minimum absolute atomic E-state index is 0.0604. The van der Waals surface area contributed by atoms with E-state index >= 15 is 0 Å². The molecule has 0 aliphatic rings. The van der Waals surface area contributed by atoms with Crippen molar-refractivity contribution in [3.8, 4) is 6.07 Å². The van der Waals surface area contributed by atoms with Crippen LogP contribution in [0.1, 0.15) is 38.2 Å². The summed E-state index contributed by atoms with van der Waals surface area (Å²) in [6.07, 6.45) is 1.35. The van der Waals surface area contributed by atoms with E-state index in [4.69, 9.17) is 5.26 Å². The van der Waals surface area contributed by atoms with Crippen molar-refractivity contribution >= 4 is 5.91 Å². The lowest BCUT2D eigenvalue weighted by molar-refractivity contribution is -0.121. The van der Waals surface area contributed by atoms with E-state index in [0.29, 0.717) is 6.42 Å². The minimum Gasteiger partial charge on any atom is -0.341 e. The molecule has 0 heterocycles. The third kappa shape index (κ3) is 4.28. The number of hydrogen-bond donors (Lipinski definition) is 1. The molecule has 3 heteroatoms. The number of carbonyl (C=O) groups excluding carboxylic acids is 1. The number of benzene rings is 1. The normalized spacial score (nSPS) is 13.5. The van der Waals surface area contributed by atoms with Gasteiger partial charge in [0.25, 0.3) is 0 Å². The van der Waals surface area contributed by atoms with E-state index in [-0.39, 0.29) is 11.8 Å². The maximum atomic E-state index is 11.7. The van der Waals surface area contributed by atoms with E-state index in [1.54, 1.807) is 6.92 Å². The first-order valence-corrected chi connectivity index (χ1v) is 5.91. The summed E-state index contributed by atoms with van der Waals surface area (Å²) in [6, 6.07) is 11.6. The van der Waals surface area contributed by atoms with Crippen LogP contribution in [0, 0.1) is 11.3 Å². The van der Waals surface area contributed by atoms with Gasteiger partial charge in [-0.1, -0.05) is 37.3 Å². The summed E-state index contributed by atoms with van der Waals surface area (Å²) in [6.45, 7) is 3.75. The molecule has 3 nitrogen and oxygen atoms in total. The number of hydrogen-bond acceptors (Lipinski definition) is 2. The van der Waals surface area contributed by atoms with Crippen molar-refractivity contribution < 1.29 is 4.79 Å². The van der Waals surface area contributed by atoms with Gasteiger partial charge in [0.2, 0.25) is 5.91 Å². The van der Waals surface area contributed by atoms with Crippen LogP contribution in [0.3, 0.4) is 0 Å². The van der Waals surface area contributed by atoms with Gasteiger partial charge in [0.1, 0.15) is 6.04 Å². The Morgan fingerprint density at radius 3 is 2.59 bits per heavy atom. The fourth-order valence-corrected chi connectivity index (χ4v) is 1.78. The molecule has 1 aromatic carbocycles. The molecule has 2 unspecified atom stereocenters. The fourth-order valence-electron chi connectivity index (χ4n) is 1.78. The van der Waals surface area contributed by atoms with Gasteiger partial charge in [0, 0.05) is 6.42 Å². The van der Waals surface area contributed by atoms with E-state index in [9.17, 15) is 4.79 Å². The molecule has 0 aromatic heterocycles. The number of rotatable bonds is 5. The summed E-state index contributed by atoms with van der Waals surface area (Å²) in [7, 11) is 0. The molecule has 1 aromatic rings. The second-order valence-corrected chi connectivity index (χ2v) is 4.14. The van der Waals surface area contributed by atoms with Crippen LogP contribution in [0.25, 0.3) is 0 Å². The summed E-state index contributed by atoms with van der Waals surface area (Å²) in [5.41, 5.74) is 1.18. The van der Waals surface area contributed by atoms with Gasteiger partial charge in [-0.2, -0.15) is 5.26 Å². The molecule has 1 N–H and O–H groups in total. The lowest BCUT2D eigenvalue weighted by atomic mass is 9.93. The Kier molecular flexibility index (Phi) is 5.22. The zero-order valence-corrected chi connectivity index (χ0v) is 10.3. The third-order valence-corrected chi connectivity index (χ3v) is 2.77. The molecule has 2 atom stereocenters. The van der Waals surface area contributed by atoms with Crippen molar-refractivity contribution in [1.29, 1.82) is 5.26 Å². The van der Waals surface area contributed by atoms with Gasteiger partial charge in [0.15, 0.2) is 0 Å². The zero-order valence-electron chi connectivity index (χ0n) is 10.3. The molecule has 0 aliphatic carbocycles. The summed E-state index contributed by atoms with van der Waals surface area (Å²) in [5.74, 6) is 0.164. The maximum absolute atomic E-state index is 11.7. The third-order valence-electron chi connectivity index (χ3n) is 2.77. The molecule has 0 spiro atoms. The summed E-state index contributed by atoms with van der Waals surface area (Å²) in [5, 5.41) is 11.3. The SMILES string of the molecule is CCC(CC(=O)NC(C)C#N)c1ccccc1. The average molecular weight is 230 g/mol. The number of amides is 1. The van der Waals surface area contributed by atoms with E-state index in [1.807, 2.05) is 36.4 Å². The average Bonchev–Trinajstić information content (AvgIpc) is 2.36. The highest BCUT2D eigenvalue weighted by atomic mass is 16.1. The Morgan fingerprint density at radius 1 is 1.41 bits per heavy atom. The summed E-state index contributed by atoms with van der Waals surface area (Å²) >= 11 is 0. The molecule has 0 saturated heterocycles. The van der Waals surface area contributed by atoms with Crippen molar-refractivity contribution in [2.24, 2.45) is 0 Å². The molecular weight excluding hydrogens is 212 g/mol. The molecule has 0 saturated carbocycles. The number of carbonyl (C=O) groups is 1. The van der Waals surface area contributed by atoms with Crippen molar-refractivity contribution in [3.05, 3.63) is 35.9 Å². The second kappa shape index (κ2) is 6.70. The molecule has 1 amide bonds. The van der Waals surface area contributed by atoms with Gasteiger partial charge in [-0.25, -0.2) is 0 Å². The lowest BCUT2D eigenvalue weighted by Gasteiger charge is -2.15. The standard InChI is InChI=1S/C14H18N2O/c1-3-12(13-7-5-4-6-8-13)9-14(17)16-11(2)10-15/h4-8,11-12H,3,9H2,1-2H3,(H,16,17). The van der Waals surface area contributed by atoms with Crippen LogP contribution in [-0.2, 0) is 4.79 Å². The van der Waals surface area contributed by atoms with Gasteiger partial charge in [-0.15, -0.1) is 0 Å². The first kappa shape index (κ1) is 13.2. The number of nitrogens with zero attached hydrogens (tertiary/aromatic N) is 1. The van der Waals surface area contributed by atoms with Gasteiger partial charge < -0.3 is 5.32 Å². The molecule has 0 fully saturated rings. The number of nitrogens with one attached hydrogen (secondary N) is 1. The van der Waals surface area contributed by atoms with Crippen LogP contribution in [0.15, 0.2) is 30.3 Å². The summed E-state index contributed by atoms with van der Waals surface area (Å²) < 4.78 is 0. The Balaban J connectivity index is 2.60. The first-order chi connectivity index (χ1) is 8.17. The molecular formula is C14H18N2O. The second-order valence-electron chi connectivity index (χ2n) is 4.14. The van der Waals surface area contributed by atoms with Gasteiger partial charge in [-0.05, 0) is 24.8 Å². The smallest absolute Gasteiger partial charge is 0.221 e. The quantitative estimate of drug-likeness (QED) is 0.845. The van der Waals surface area contributed by atoms with Crippen LogP contribution >= 0.6 is 0 Å². The maximum Gasteiger partial charge on any atom is 0.221 e. The molecule has 1 rings (SSSR count). The van der Waals surface area contributed by atoms with Crippen molar-refractivity contribution in [3.63, 3.8) is 0 Å². The minimum atomic E-state index is -0.421. The lowest BCUT2D eigenvalue weighted by Crippen LogP contribution is -2.32. The van der Waals surface area contributed by atoms with Crippen molar-refractivity contribution in [2.45, 2.75) is 38.6 Å². The fraction of sp³-hybridized carbons (Fsp3) is 0.429. The predicted molar refractivity (Wildman–Crippen MR) is 67.3 cm³/mol. The van der Waals surface area contributed by atoms with Crippen LogP contribution < -0.4 is 5.32 Å². The zero-order chi connectivity index (χ0) is 12.7. The van der Waals surface area contributed by atoms with Gasteiger partial charge >= 0.3 is 0 Å². The van der Waals surface area contributed by atoms with E-state index in [0.717, 1.165) is 6.42 Å². The van der Waals surface area contributed by atoms with Gasteiger partial charge in [0.05, 0.1) is 6.07 Å². The Morgan fingerprint density at radius 2 is 2.06 bits per heavy atom. The van der Waals surface area contributed by atoms with Crippen LogP contribution in [0.2, 0.25) is 0 Å². The number of nitriles is 1.